The zero-order valence-electron chi connectivity index (χ0n) is 16.6. The van der Waals surface area contributed by atoms with E-state index in [0.29, 0.717) is 41.5 Å². The Kier molecular flexibility index (Phi) is 5.80. The van der Waals surface area contributed by atoms with Gasteiger partial charge in [0, 0.05) is 36.5 Å². The second-order valence-corrected chi connectivity index (χ2v) is 6.71. The number of carbonyl (C=O) groups is 1. The Balaban J connectivity index is 1.52. The highest BCUT2D eigenvalue weighted by Crippen LogP contribution is 2.34. The molecule has 0 bridgehead atoms. The summed E-state index contributed by atoms with van der Waals surface area (Å²) in [5.74, 6) is 0.383. The van der Waals surface area contributed by atoms with Crippen molar-refractivity contribution < 1.29 is 23.8 Å². The summed E-state index contributed by atoms with van der Waals surface area (Å²) in [5, 5.41) is 18.4. The van der Waals surface area contributed by atoms with Crippen LogP contribution in [0.3, 0.4) is 0 Å². The Bertz CT molecular complexity index is 1110. The van der Waals surface area contributed by atoms with Gasteiger partial charge >= 0.3 is 6.09 Å². The van der Waals surface area contributed by atoms with Crippen LogP contribution in [0.5, 0.6) is 11.5 Å². The number of benzene rings is 2. The number of anilines is 4. The van der Waals surface area contributed by atoms with E-state index >= 15 is 0 Å². The predicted octanol–water partition coefficient (Wildman–Crippen LogP) is 3.64. The molecule has 0 fully saturated rings. The SMILES string of the molecule is CNC(=O)Oc1cccc(Nc2ncc(F)c(Nc3ccc4c(c3)C(O)CCO4)n2)c1. The smallest absolute Gasteiger partial charge is 0.412 e. The van der Waals surface area contributed by atoms with Crippen LogP contribution in [0.4, 0.5) is 32.3 Å². The highest BCUT2D eigenvalue weighted by Gasteiger charge is 2.20. The first-order valence-corrected chi connectivity index (χ1v) is 9.53. The van der Waals surface area contributed by atoms with Gasteiger partial charge in [0.1, 0.15) is 11.5 Å². The Morgan fingerprint density at radius 3 is 2.90 bits per heavy atom. The third-order valence-corrected chi connectivity index (χ3v) is 4.53. The normalized spacial score (nSPS) is 14.7. The number of nitrogens with zero attached hydrogens (tertiary/aromatic N) is 2. The fraction of sp³-hybridized carbons (Fsp3) is 0.190. The number of nitrogens with one attached hydrogen (secondary N) is 3. The standard InChI is InChI=1S/C21H20FN5O4/c1-23-21(29)31-14-4-2-3-12(9-14)26-20-24-11-16(22)19(27-20)25-13-5-6-18-15(10-13)17(28)7-8-30-18/h2-6,9-11,17,28H,7-8H2,1H3,(H,23,29)(H2,24,25,26,27). The molecule has 0 saturated carbocycles. The van der Waals surface area contributed by atoms with Crippen LogP contribution in [0.25, 0.3) is 0 Å². The second kappa shape index (κ2) is 8.84. The van der Waals surface area contributed by atoms with Crippen molar-refractivity contribution in [2.45, 2.75) is 12.5 Å². The van der Waals surface area contributed by atoms with Gasteiger partial charge in [-0.05, 0) is 30.3 Å². The molecule has 9 nitrogen and oxygen atoms in total. The Morgan fingerprint density at radius 2 is 2.06 bits per heavy atom. The lowest BCUT2D eigenvalue weighted by molar-refractivity contribution is 0.115. The topological polar surface area (TPSA) is 118 Å². The Labute approximate surface area is 177 Å². The van der Waals surface area contributed by atoms with E-state index in [9.17, 15) is 14.3 Å². The van der Waals surface area contributed by atoms with E-state index in [1.807, 2.05) is 0 Å². The van der Waals surface area contributed by atoms with Gasteiger partial charge in [0.15, 0.2) is 11.6 Å². The highest BCUT2D eigenvalue weighted by molar-refractivity contribution is 5.71. The first-order valence-electron chi connectivity index (χ1n) is 9.53. The number of halogens is 1. The zero-order chi connectivity index (χ0) is 21.8. The molecule has 0 radical (unpaired) electrons. The molecular weight excluding hydrogens is 405 g/mol. The molecule has 1 amide bonds. The minimum Gasteiger partial charge on any atom is -0.493 e. The number of hydrogen-bond acceptors (Lipinski definition) is 8. The molecule has 1 unspecified atom stereocenters. The lowest BCUT2D eigenvalue weighted by atomic mass is 10.0. The average Bonchev–Trinajstić information content (AvgIpc) is 2.77. The van der Waals surface area contributed by atoms with Crippen molar-refractivity contribution in [1.29, 1.82) is 0 Å². The summed E-state index contributed by atoms with van der Waals surface area (Å²) in [6.07, 6.45) is 0.304. The van der Waals surface area contributed by atoms with E-state index in [0.717, 1.165) is 6.20 Å². The van der Waals surface area contributed by atoms with Gasteiger partial charge in [0.2, 0.25) is 5.95 Å². The lowest BCUT2D eigenvalue weighted by Gasteiger charge is -2.22. The molecule has 1 aliphatic heterocycles. The summed E-state index contributed by atoms with van der Waals surface area (Å²) >= 11 is 0. The molecule has 0 aliphatic carbocycles. The number of carbonyl (C=O) groups excluding carboxylic acids is 1. The van der Waals surface area contributed by atoms with Crippen molar-refractivity contribution >= 4 is 29.2 Å². The van der Waals surface area contributed by atoms with Crippen molar-refractivity contribution in [3.05, 3.63) is 60.0 Å². The fourth-order valence-electron chi connectivity index (χ4n) is 3.03. The maximum atomic E-state index is 14.3. The van der Waals surface area contributed by atoms with Crippen LogP contribution in [0, 0.1) is 5.82 Å². The van der Waals surface area contributed by atoms with Gasteiger partial charge in [-0.1, -0.05) is 6.07 Å². The molecule has 2 aromatic carbocycles. The van der Waals surface area contributed by atoms with E-state index in [1.165, 1.54) is 7.05 Å². The van der Waals surface area contributed by atoms with Crippen molar-refractivity contribution in [2.75, 3.05) is 24.3 Å². The van der Waals surface area contributed by atoms with E-state index in [2.05, 4.69) is 25.9 Å². The van der Waals surface area contributed by atoms with Gasteiger partial charge in [-0.25, -0.2) is 14.2 Å². The van der Waals surface area contributed by atoms with Crippen molar-refractivity contribution in [3.8, 4) is 11.5 Å². The number of rotatable bonds is 5. The molecule has 31 heavy (non-hydrogen) atoms. The average molecular weight is 425 g/mol. The van der Waals surface area contributed by atoms with Crippen LogP contribution in [0.1, 0.15) is 18.1 Å². The van der Waals surface area contributed by atoms with Gasteiger partial charge in [-0.15, -0.1) is 0 Å². The van der Waals surface area contributed by atoms with Crippen molar-refractivity contribution in [2.24, 2.45) is 0 Å². The number of aliphatic hydroxyl groups is 1. The summed E-state index contributed by atoms with van der Waals surface area (Å²) in [6.45, 7) is 0.450. The third-order valence-electron chi connectivity index (χ3n) is 4.53. The maximum Gasteiger partial charge on any atom is 0.412 e. The molecule has 10 heteroatoms. The summed E-state index contributed by atoms with van der Waals surface area (Å²) < 4.78 is 24.9. The van der Waals surface area contributed by atoms with E-state index < -0.39 is 18.0 Å². The van der Waals surface area contributed by atoms with E-state index in [4.69, 9.17) is 9.47 Å². The number of fused-ring (bicyclic) bond motifs is 1. The quantitative estimate of drug-likeness (QED) is 0.490. The van der Waals surface area contributed by atoms with Gasteiger partial charge < -0.3 is 30.5 Å². The number of aliphatic hydroxyl groups excluding tert-OH is 1. The summed E-state index contributed by atoms with van der Waals surface area (Å²) in [7, 11) is 1.46. The van der Waals surface area contributed by atoms with Gasteiger partial charge in [0.05, 0.1) is 18.9 Å². The van der Waals surface area contributed by atoms with Crippen LogP contribution >= 0.6 is 0 Å². The monoisotopic (exact) mass is 425 g/mol. The molecule has 0 saturated heterocycles. The largest absolute Gasteiger partial charge is 0.493 e. The third kappa shape index (κ3) is 4.81. The minimum atomic E-state index is -0.642. The predicted molar refractivity (Wildman–Crippen MR) is 112 cm³/mol. The van der Waals surface area contributed by atoms with Gasteiger partial charge in [-0.3, -0.25) is 0 Å². The molecule has 1 aliphatic rings. The van der Waals surface area contributed by atoms with Gasteiger partial charge in [-0.2, -0.15) is 4.98 Å². The summed E-state index contributed by atoms with van der Waals surface area (Å²) in [6, 6.07) is 11.7. The fourth-order valence-corrected chi connectivity index (χ4v) is 3.03. The first kappa shape index (κ1) is 20.4. The Hall–Kier alpha value is -3.92. The van der Waals surface area contributed by atoms with E-state index in [-0.39, 0.29) is 11.8 Å². The molecule has 1 atom stereocenters. The molecule has 3 aromatic rings. The van der Waals surface area contributed by atoms with Crippen LogP contribution in [0.2, 0.25) is 0 Å². The highest BCUT2D eigenvalue weighted by atomic mass is 19.1. The van der Waals surface area contributed by atoms with Crippen LogP contribution < -0.4 is 25.4 Å². The van der Waals surface area contributed by atoms with Crippen LogP contribution in [0.15, 0.2) is 48.7 Å². The van der Waals surface area contributed by atoms with Crippen LogP contribution in [-0.2, 0) is 0 Å². The number of aromatic nitrogens is 2. The summed E-state index contributed by atoms with van der Waals surface area (Å²) in [5.41, 5.74) is 1.73. The Morgan fingerprint density at radius 1 is 1.23 bits per heavy atom. The van der Waals surface area contributed by atoms with E-state index in [1.54, 1.807) is 42.5 Å². The maximum absolute atomic E-state index is 14.3. The molecule has 160 valence electrons. The van der Waals surface area contributed by atoms with Crippen LogP contribution in [-0.4, -0.2) is 34.8 Å². The molecular formula is C21H20FN5O4. The van der Waals surface area contributed by atoms with Crippen molar-refractivity contribution in [1.82, 2.24) is 15.3 Å². The number of ether oxygens (including phenoxy) is 2. The molecule has 0 spiro atoms. The number of amides is 1. The minimum absolute atomic E-state index is 0.0403. The first-order chi connectivity index (χ1) is 15.0. The number of hydrogen-bond donors (Lipinski definition) is 4. The molecule has 1 aromatic heterocycles. The molecule has 4 rings (SSSR count). The molecule has 4 N–H and O–H groups in total. The second-order valence-electron chi connectivity index (χ2n) is 6.71. The van der Waals surface area contributed by atoms with Crippen molar-refractivity contribution in [3.63, 3.8) is 0 Å². The summed E-state index contributed by atoms with van der Waals surface area (Å²) in [4.78, 5) is 19.5. The van der Waals surface area contributed by atoms with Gasteiger partial charge in [0.25, 0.3) is 0 Å². The zero-order valence-corrected chi connectivity index (χ0v) is 16.6. The lowest BCUT2D eigenvalue weighted by Crippen LogP contribution is -2.22. The molecule has 2 heterocycles.